The minimum absolute atomic E-state index is 0.108. The molecular weight excluding hydrogens is 178 g/mol. The number of ether oxygens (including phenoxy) is 1. The number of alkyl carbamates (subject to hydrolysis) is 1. The summed E-state index contributed by atoms with van der Waals surface area (Å²) < 4.78 is 4.80. The number of hydrogen-bond donors (Lipinski definition) is 1. The van der Waals surface area contributed by atoms with Gasteiger partial charge >= 0.3 is 6.09 Å². The molecule has 1 fully saturated rings. The lowest BCUT2D eigenvalue weighted by Crippen LogP contribution is -2.35. The summed E-state index contributed by atoms with van der Waals surface area (Å²) in [7, 11) is 0. The molecule has 2 rings (SSSR count). The van der Waals surface area contributed by atoms with E-state index in [4.69, 9.17) is 4.74 Å². The van der Waals surface area contributed by atoms with Crippen molar-refractivity contribution in [2.75, 3.05) is 6.61 Å². The van der Waals surface area contributed by atoms with Gasteiger partial charge in [0, 0.05) is 6.42 Å². The fraction of sp³-hybridized carbons (Fsp3) is 0.364. The Bertz CT molecular complexity index is 332. The fourth-order valence-electron chi connectivity index (χ4n) is 1.57. The highest BCUT2D eigenvalue weighted by atomic mass is 16.5. The van der Waals surface area contributed by atoms with Crippen molar-refractivity contribution in [2.45, 2.75) is 19.4 Å². The van der Waals surface area contributed by atoms with Crippen molar-refractivity contribution >= 4 is 6.09 Å². The van der Waals surface area contributed by atoms with Crippen molar-refractivity contribution < 1.29 is 9.53 Å². The summed E-state index contributed by atoms with van der Waals surface area (Å²) in [4.78, 5) is 11.0. The molecule has 1 aromatic rings. The third kappa shape index (κ3) is 1.87. The minimum atomic E-state index is -0.318. The van der Waals surface area contributed by atoms with Crippen LogP contribution < -0.4 is 5.32 Å². The zero-order chi connectivity index (χ0) is 9.97. The van der Waals surface area contributed by atoms with Gasteiger partial charge in [0.2, 0.25) is 0 Å². The minimum Gasteiger partial charge on any atom is -0.449 e. The lowest BCUT2D eigenvalue weighted by atomic mass is 10.0. The van der Waals surface area contributed by atoms with E-state index in [1.165, 1.54) is 5.56 Å². The molecular formula is C11H13NO2. The van der Waals surface area contributed by atoms with Crippen LogP contribution in [0.3, 0.4) is 0 Å². The lowest BCUT2D eigenvalue weighted by Gasteiger charge is -2.23. The molecule has 1 aliphatic heterocycles. The van der Waals surface area contributed by atoms with E-state index in [9.17, 15) is 4.79 Å². The van der Waals surface area contributed by atoms with Gasteiger partial charge in [-0.1, -0.05) is 29.8 Å². The number of aryl methyl sites for hydroxylation is 1. The van der Waals surface area contributed by atoms with Crippen LogP contribution in [-0.2, 0) is 4.74 Å². The molecule has 3 heteroatoms. The first-order chi connectivity index (χ1) is 6.75. The number of benzene rings is 1. The normalized spacial score (nSPS) is 21.2. The van der Waals surface area contributed by atoms with Gasteiger partial charge in [-0.15, -0.1) is 0 Å². The summed E-state index contributed by atoms with van der Waals surface area (Å²) in [6, 6.07) is 8.31. The summed E-state index contributed by atoms with van der Waals surface area (Å²) in [5.41, 5.74) is 2.37. The average molecular weight is 191 g/mol. The SMILES string of the molecule is Cc1ccc([C@H]2CCOC(=O)N2)cc1. The lowest BCUT2D eigenvalue weighted by molar-refractivity contribution is 0.115. The van der Waals surface area contributed by atoms with Crippen molar-refractivity contribution in [1.82, 2.24) is 5.32 Å². The molecule has 1 aliphatic rings. The molecule has 0 spiro atoms. The van der Waals surface area contributed by atoms with Crippen LogP contribution in [0.2, 0.25) is 0 Å². The van der Waals surface area contributed by atoms with Crippen molar-refractivity contribution in [1.29, 1.82) is 0 Å². The molecule has 0 bridgehead atoms. The summed E-state index contributed by atoms with van der Waals surface area (Å²) in [6.45, 7) is 2.55. The van der Waals surface area contributed by atoms with Crippen molar-refractivity contribution in [3.8, 4) is 0 Å². The van der Waals surface area contributed by atoms with Gasteiger partial charge in [-0.2, -0.15) is 0 Å². The highest BCUT2D eigenvalue weighted by Crippen LogP contribution is 2.20. The van der Waals surface area contributed by atoms with Gasteiger partial charge in [0.1, 0.15) is 0 Å². The second kappa shape index (κ2) is 3.70. The maximum absolute atomic E-state index is 11.0. The molecule has 1 heterocycles. The van der Waals surface area contributed by atoms with E-state index < -0.39 is 0 Å². The van der Waals surface area contributed by atoms with Crippen LogP contribution in [0.4, 0.5) is 4.79 Å². The van der Waals surface area contributed by atoms with Crippen LogP contribution in [0.25, 0.3) is 0 Å². The van der Waals surface area contributed by atoms with E-state index in [1.54, 1.807) is 0 Å². The molecule has 0 aromatic heterocycles. The molecule has 0 radical (unpaired) electrons. The smallest absolute Gasteiger partial charge is 0.407 e. The fourth-order valence-corrected chi connectivity index (χ4v) is 1.57. The Morgan fingerprint density at radius 3 is 2.71 bits per heavy atom. The Morgan fingerprint density at radius 1 is 1.36 bits per heavy atom. The van der Waals surface area contributed by atoms with Gasteiger partial charge in [-0.3, -0.25) is 0 Å². The predicted molar refractivity (Wildman–Crippen MR) is 53.0 cm³/mol. The van der Waals surface area contributed by atoms with Crippen molar-refractivity contribution in [3.05, 3.63) is 35.4 Å². The predicted octanol–water partition coefficient (Wildman–Crippen LogP) is 2.17. The van der Waals surface area contributed by atoms with Crippen LogP contribution in [0.15, 0.2) is 24.3 Å². The van der Waals surface area contributed by atoms with Gasteiger partial charge < -0.3 is 10.1 Å². The van der Waals surface area contributed by atoms with Gasteiger partial charge in [-0.05, 0) is 12.5 Å². The topological polar surface area (TPSA) is 38.3 Å². The van der Waals surface area contributed by atoms with Crippen LogP contribution in [0.1, 0.15) is 23.6 Å². The Morgan fingerprint density at radius 2 is 2.07 bits per heavy atom. The summed E-state index contributed by atoms with van der Waals surface area (Å²) in [5.74, 6) is 0. The van der Waals surface area contributed by atoms with Gasteiger partial charge in [0.25, 0.3) is 0 Å². The van der Waals surface area contributed by atoms with E-state index in [2.05, 4.69) is 17.4 Å². The van der Waals surface area contributed by atoms with Crippen LogP contribution in [0.5, 0.6) is 0 Å². The van der Waals surface area contributed by atoms with Crippen LogP contribution >= 0.6 is 0 Å². The number of carbonyl (C=O) groups is 1. The molecule has 0 aliphatic carbocycles. The maximum atomic E-state index is 11.0. The Balaban J connectivity index is 2.14. The highest BCUT2D eigenvalue weighted by Gasteiger charge is 2.20. The first kappa shape index (κ1) is 9.06. The molecule has 14 heavy (non-hydrogen) atoms. The number of nitrogens with one attached hydrogen (secondary N) is 1. The third-order valence-corrected chi connectivity index (χ3v) is 2.41. The monoisotopic (exact) mass is 191 g/mol. The van der Waals surface area contributed by atoms with Gasteiger partial charge in [-0.25, -0.2) is 4.79 Å². The van der Waals surface area contributed by atoms with Crippen molar-refractivity contribution in [2.24, 2.45) is 0 Å². The van der Waals surface area contributed by atoms with E-state index in [-0.39, 0.29) is 12.1 Å². The zero-order valence-electron chi connectivity index (χ0n) is 8.12. The molecule has 1 amide bonds. The summed E-state index contributed by atoms with van der Waals surface area (Å²) in [5, 5.41) is 2.79. The van der Waals surface area contributed by atoms with E-state index in [0.717, 1.165) is 12.0 Å². The number of hydrogen-bond acceptors (Lipinski definition) is 2. The molecule has 3 nitrogen and oxygen atoms in total. The molecule has 0 unspecified atom stereocenters. The van der Waals surface area contributed by atoms with E-state index >= 15 is 0 Å². The number of rotatable bonds is 1. The number of carbonyl (C=O) groups excluding carboxylic acids is 1. The summed E-state index contributed by atoms with van der Waals surface area (Å²) >= 11 is 0. The molecule has 1 N–H and O–H groups in total. The third-order valence-electron chi connectivity index (χ3n) is 2.41. The Labute approximate surface area is 83.1 Å². The summed E-state index contributed by atoms with van der Waals surface area (Å²) in [6.07, 6.45) is 0.524. The second-order valence-electron chi connectivity index (χ2n) is 3.53. The molecule has 1 saturated heterocycles. The van der Waals surface area contributed by atoms with Crippen LogP contribution in [0, 0.1) is 6.92 Å². The number of amides is 1. The molecule has 74 valence electrons. The zero-order valence-corrected chi connectivity index (χ0v) is 8.12. The van der Waals surface area contributed by atoms with Crippen molar-refractivity contribution in [3.63, 3.8) is 0 Å². The number of cyclic esters (lactones) is 1. The highest BCUT2D eigenvalue weighted by molar-refractivity contribution is 5.68. The Hall–Kier alpha value is -1.51. The van der Waals surface area contributed by atoms with Gasteiger partial charge in [0.15, 0.2) is 0 Å². The first-order valence-corrected chi connectivity index (χ1v) is 4.75. The molecule has 1 atom stereocenters. The molecule has 1 aromatic carbocycles. The maximum Gasteiger partial charge on any atom is 0.407 e. The van der Waals surface area contributed by atoms with Crippen LogP contribution in [-0.4, -0.2) is 12.7 Å². The Kier molecular flexibility index (Phi) is 2.39. The van der Waals surface area contributed by atoms with Gasteiger partial charge in [0.05, 0.1) is 12.6 Å². The quantitative estimate of drug-likeness (QED) is 0.738. The first-order valence-electron chi connectivity index (χ1n) is 4.75. The average Bonchev–Trinajstić information content (AvgIpc) is 2.19. The standard InChI is InChI=1S/C11H13NO2/c1-8-2-4-9(5-3-8)10-6-7-14-11(13)12-10/h2-5,10H,6-7H2,1H3,(H,12,13)/t10-/m1/s1. The van der Waals surface area contributed by atoms with E-state index in [0.29, 0.717) is 6.61 Å². The largest absolute Gasteiger partial charge is 0.449 e. The second-order valence-corrected chi connectivity index (χ2v) is 3.53. The molecule has 0 saturated carbocycles. The van der Waals surface area contributed by atoms with E-state index in [1.807, 2.05) is 19.1 Å².